The van der Waals surface area contributed by atoms with Crippen LogP contribution in [-0.2, 0) is 16.1 Å². The first kappa shape index (κ1) is 25.6. The molecule has 1 saturated heterocycles. The SMILES string of the molecule is CN(C)CCNC(=O)Cn1cc(NC(=O)CCC2CCNCC2)cn1.Cl.Cl. The van der Waals surface area contributed by atoms with Crippen molar-refractivity contribution in [3.8, 4) is 0 Å². The molecule has 2 rings (SSSR count). The molecule has 1 fully saturated rings. The van der Waals surface area contributed by atoms with Crippen molar-refractivity contribution in [2.24, 2.45) is 5.92 Å². The number of likely N-dealkylation sites (N-methyl/N-ethyl adjacent to an activating group) is 1. The number of carbonyl (C=O) groups excluding carboxylic acids is 2. The molecule has 0 aliphatic carbocycles. The van der Waals surface area contributed by atoms with Crippen LogP contribution in [0.3, 0.4) is 0 Å². The predicted molar refractivity (Wildman–Crippen MR) is 112 cm³/mol. The van der Waals surface area contributed by atoms with Crippen LogP contribution in [0, 0.1) is 5.92 Å². The lowest BCUT2D eigenvalue weighted by molar-refractivity contribution is -0.121. The van der Waals surface area contributed by atoms with Crippen LogP contribution in [0.4, 0.5) is 5.69 Å². The Labute approximate surface area is 173 Å². The number of nitrogens with zero attached hydrogens (tertiary/aromatic N) is 3. The highest BCUT2D eigenvalue weighted by Crippen LogP contribution is 2.18. The lowest BCUT2D eigenvalue weighted by atomic mass is 9.93. The predicted octanol–water partition coefficient (Wildman–Crippen LogP) is 1.12. The number of nitrogens with one attached hydrogen (secondary N) is 3. The van der Waals surface area contributed by atoms with E-state index in [-0.39, 0.29) is 43.2 Å². The van der Waals surface area contributed by atoms with E-state index in [1.807, 2.05) is 19.0 Å². The zero-order chi connectivity index (χ0) is 18.1. The summed E-state index contributed by atoms with van der Waals surface area (Å²) >= 11 is 0. The van der Waals surface area contributed by atoms with E-state index >= 15 is 0 Å². The maximum atomic E-state index is 12.0. The number of halogens is 2. The second-order valence-corrected chi connectivity index (χ2v) is 6.86. The van der Waals surface area contributed by atoms with Crippen molar-refractivity contribution in [2.45, 2.75) is 32.2 Å². The summed E-state index contributed by atoms with van der Waals surface area (Å²) in [5.41, 5.74) is 0.636. The maximum Gasteiger partial charge on any atom is 0.241 e. The minimum atomic E-state index is -0.0891. The fraction of sp³-hybridized carbons (Fsp3) is 0.706. The first-order chi connectivity index (χ1) is 12.0. The molecule has 8 nitrogen and oxygen atoms in total. The third-order valence-electron chi connectivity index (χ3n) is 4.34. The molecule has 1 aromatic rings. The van der Waals surface area contributed by atoms with Gasteiger partial charge >= 0.3 is 0 Å². The summed E-state index contributed by atoms with van der Waals surface area (Å²) in [5, 5.41) is 13.1. The van der Waals surface area contributed by atoms with Gasteiger partial charge in [-0.05, 0) is 52.4 Å². The summed E-state index contributed by atoms with van der Waals surface area (Å²) in [6.07, 6.45) is 7.02. The summed E-state index contributed by atoms with van der Waals surface area (Å²) in [4.78, 5) is 25.9. The molecule has 0 saturated carbocycles. The number of piperidine rings is 1. The molecule has 0 unspecified atom stereocenters. The van der Waals surface area contributed by atoms with E-state index in [0.29, 0.717) is 24.6 Å². The maximum absolute atomic E-state index is 12.0. The lowest BCUT2D eigenvalue weighted by Crippen LogP contribution is -2.33. The molecule has 156 valence electrons. The number of amides is 2. The third-order valence-corrected chi connectivity index (χ3v) is 4.34. The van der Waals surface area contributed by atoms with E-state index in [1.54, 1.807) is 12.4 Å². The highest BCUT2D eigenvalue weighted by molar-refractivity contribution is 5.90. The minimum absolute atomic E-state index is 0. The molecule has 0 bridgehead atoms. The molecule has 10 heteroatoms. The number of rotatable bonds is 9. The largest absolute Gasteiger partial charge is 0.353 e. The molecule has 0 aromatic carbocycles. The smallest absolute Gasteiger partial charge is 0.241 e. The van der Waals surface area contributed by atoms with Crippen LogP contribution < -0.4 is 16.0 Å². The van der Waals surface area contributed by atoms with Gasteiger partial charge in [-0.15, -0.1) is 24.8 Å². The van der Waals surface area contributed by atoms with Crippen molar-refractivity contribution in [1.82, 2.24) is 25.3 Å². The van der Waals surface area contributed by atoms with E-state index in [2.05, 4.69) is 21.0 Å². The number of anilines is 1. The van der Waals surface area contributed by atoms with E-state index in [9.17, 15) is 9.59 Å². The number of hydrogen-bond donors (Lipinski definition) is 3. The molecule has 0 radical (unpaired) electrons. The van der Waals surface area contributed by atoms with Crippen molar-refractivity contribution in [3.05, 3.63) is 12.4 Å². The summed E-state index contributed by atoms with van der Waals surface area (Å²) in [7, 11) is 3.92. The molecule has 1 aliphatic heterocycles. The van der Waals surface area contributed by atoms with Gasteiger partial charge in [-0.25, -0.2) is 0 Å². The molecule has 1 aliphatic rings. The first-order valence-electron chi connectivity index (χ1n) is 8.97. The van der Waals surface area contributed by atoms with Gasteiger partial charge in [0.15, 0.2) is 0 Å². The summed E-state index contributed by atoms with van der Waals surface area (Å²) in [6.45, 7) is 3.65. The van der Waals surface area contributed by atoms with Gasteiger partial charge in [0.25, 0.3) is 0 Å². The quantitative estimate of drug-likeness (QED) is 0.554. The normalized spacial score (nSPS) is 14.2. The molecule has 2 amide bonds. The average molecular weight is 423 g/mol. The second kappa shape index (κ2) is 13.8. The second-order valence-electron chi connectivity index (χ2n) is 6.86. The third kappa shape index (κ3) is 10.5. The van der Waals surface area contributed by atoms with E-state index in [0.717, 1.165) is 38.9 Å². The van der Waals surface area contributed by atoms with Crippen molar-refractivity contribution in [1.29, 1.82) is 0 Å². The molecule has 0 atom stereocenters. The van der Waals surface area contributed by atoms with Crippen molar-refractivity contribution in [2.75, 3.05) is 45.6 Å². The molecule has 1 aromatic heterocycles. The van der Waals surface area contributed by atoms with Crippen LogP contribution >= 0.6 is 24.8 Å². The van der Waals surface area contributed by atoms with Gasteiger partial charge in [-0.1, -0.05) is 0 Å². The van der Waals surface area contributed by atoms with E-state index in [4.69, 9.17) is 0 Å². The van der Waals surface area contributed by atoms with Crippen molar-refractivity contribution in [3.63, 3.8) is 0 Å². The van der Waals surface area contributed by atoms with Crippen LogP contribution in [0.5, 0.6) is 0 Å². The Morgan fingerprint density at radius 1 is 1.26 bits per heavy atom. The zero-order valence-corrected chi connectivity index (χ0v) is 17.7. The average Bonchev–Trinajstić information content (AvgIpc) is 3.00. The number of hydrogen-bond acceptors (Lipinski definition) is 5. The fourth-order valence-corrected chi connectivity index (χ4v) is 2.87. The molecule has 0 spiro atoms. The Hall–Kier alpha value is -1.35. The van der Waals surface area contributed by atoms with Gasteiger partial charge in [-0.2, -0.15) is 5.10 Å². The molecule has 2 heterocycles. The van der Waals surface area contributed by atoms with Crippen LogP contribution in [0.25, 0.3) is 0 Å². The fourth-order valence-electron chi connectivity index (χ4n) is 2.87. The van der Waals surface area contributed by atoms with Crippen LogP contribution in [-0.4, -0.2) is 66.8 Å². The van der Waals surface area contributed by atoms with Gasteiger partial charge in [0, 0.05) is 25.7 Å². The summed E-state index contributed by atoms with van der Waals surface area (Å²) in [5.74, 6) is 0.558. The Balaban J connectivity index is 0.00000338. The van der Waals surface area contributed by atoms with Crippen LogP contribution in [0.2, 0.25) is 0 Å². The van der Waals surface area contributed by atoms with Crippen LogP contribution in [0.1, 0.15) is 25.7 Å². The topological polar surface area (TPSA) is 91.3 Å². The Morgan fingerprint density at radius 2 is 1.96 bits per heavy atom. The molecule has 27 heavy (non-hydrogen) atoms. The zero-order valence-electron chi connectivity index (χ0n) is 16.1. The highest BCUT2D eigenvalue weighted by atomic mass is 35.5. The first-order valence-corrected chi connectivity index (χ1v) is 8.97. The minimum Gasteiger partial charge on any atom is -0.353 e. The van der Waals surface area contributed by atoms with Gasteiger partial charge in [-0.3, -0.25) is 14.3 Å². The lowest BCUT2D eigenvalue weighted by Gasteiger charge is -2.22. The van der Waals surface area contributed by atoms with Gasteiger partial charge in [0.1, 0.15) is 6.54 Å². The monoisotopic (exact) mass is 422 g/mol. The molecular formula is C17H32Cl2N6O2. The Kier molecular flexibility index (Phi) is 13.1. The van der Waals surface area contributed by atoms with Crippen LogP contribution in [0.15, 0.2) is 12.4 Å². The highest BCUT2D eigenvalue weighted by Gasteiger charge is 2.15. The standard InChI is InChI=1S/C17H30N6O2.2ClH/c1-22(2)10-9-19-17(25)13-23-12-15(11-20-23)21-16(24)4-3-14-5-7-18-8-6-14;;/h11-12,14,18H,3-10,13H2,1-2H3,(H,19,25)(H,21,24);2*1H. The van der Waals surface area contributed by atoms with E-state index < -0.39 is 0 Å². The summed E-state index contributed by atoms with van der Waals surface area (Å²) in [6, 6.07) is 0. The van der Waals surface area contributed by atoms with Crippen molar-refractivity contribution < 1.29 is 9.59 Å². The van der Waals surface area contributed by atoms with Gasteiger partial charge < -0.3 is 20.9 Å². The van der Waals surface area contributed by atoms with Crippen molar-refractivity contribution >= 4 is 42.3 Å². The summed E-state index contributed by atoms with van der Waals surface area (Å²) < 4.78 is 1.54. The molecular weight excluding hydrogens is 391 g/mol. The molecule has 3 N–H and O–H groups in total. The van der Waals surface area contributed by atoms with Gasteiger partial charge in [0.05, 0.1) is 11.9 Å². The van der Waals surface area contributed by atoms with Gasteiger partial charge in [0.2, 0.25) is 11.8 Å². The number of carbonyl (C=O) groups is 2. The Morgan fingerprint density at radius 3 is 2.63 bits per heavy atom. The Bertz CT molecular complexity index is 561. The number of aromatic nitrogens is 2. The van der Waals surface area contributed by atoms with E-state index in [1.165, 1.54) is 4.68 Å².